The molecule has 3 heterocycles. The second-order valence-corrected chi connectivity index (χ2v) is 7.60. The number of benzene rings is 1. The predicted octanol–water partition coefficient (Wildman–Crippen LogP) is 3.09. The number of aromatic nitrogens is 2. The molecule has 2 aromatic rings. The average molecular weight is 329 g/mol. The topological polar surface area (TPSA) is 60.6 Å². The summed E-state index contributed by atoms with van der Waals surface area (Å²) in [5.41, 5.74) is 1.14. The zero-order chi connectivity index (χ0) is 16.7. The van der Waals surface area contributed by atoms with Gasteiger partial charge in [-0.05, 0) is 30.7 Å². The van der Waals surface area contributed by atoms with E-state index in [1.807, 2.05) is 6.07 Å². The standard InChI is InChI=1S/C18H23N3O3/c1-18(2,3)17-20-19-16(24-17)13-6-7-21(10-13)9-12-4-5-14-15(8-12)23-11-22-14/h4-5,8,13H,6-7,9-11H2,1-3H3/t13-/m0/s1. The van der Waals surface area contributed by atoms with Crippen LogP contribution in [0.25, 0.3) is 0 Å². The van der Waals surface area contributed by atoms with Crippen LogP contribution in [0.3, 0.4) is 0 Å². The predicted molar refractivity (Wildman–Crippen MR) is 88.2 cm³/mol. The Morgan fingerprint density at radius 1 is 1.17 bits per heavy atom. The van der Waals surface area contributed by atoms with E-state index in [0.717, 1.165) is 43.4 Å². The molecule has 1 atom stereocenters. The molecule has 6 heteroatoms. The number of rotatable bonds is 3. The number of hydrogen-bond acceptors (Lipinski definition) is 6. The summed E-state index contributed by atoms with van der Waals surface area (Å²) in [7, 11) is 0. The normalized spacial score (nSPS) is 20.7. The van der Waals surface area contributed by atoms with Gasteiger partial charge in [0, 0.05) is 18.5 Å². The molecule has 6 nitrogen and oxygen atoms in total. The van der Waals surface area contributed by atoms with Gasteiger partial charge in [-0.3, -0.25) is 4.90 Å². The van der Waals surface area contributed by atoms with E-state index in [-0.39, 0.29) is 5.41 Å². The zero-order valence-corrected chi connectivity index (χ0v) is 14.4. The van der Waals surface area contributed by atoms with Crippen molar-refractivity contribution in [3.05, 3.63) is 35.5 Å². The fourth-order valence-corrected chi connectivity index (χ4v) is 3.18. The SMILES string of the molecule is CC(C)(C)c1nnc([C@H]2CCN(Cc3ccc4c(c3)OCO4)C2)o1. The zero-order valence-electron chi connectivity index (χ0n) is 14.4. The highest BCUT2D eigenvalue weighted by atomic mass is 16.7. The first-order valence-corrected chi connectivity index (χ1v) is 8.44. The van der Waals surface area contributed by atoms with E-state index in [0.29, 0.717) is 18.6 Å². The van der Waals surface area contributed by atoms with Crippen LogP contribution in [0.15, 0.2) is 22.6 Å². The molecule has 0 amide bonds. The Morgan fingerprint density at radius 3 is 2.79 bits per heavy atom. The minimum Gasteiger partial charge on any atom is -0.454 e. The second kappa shape index (κ2) is 5.77. The number of likely N-dealkylation sites (tertiary alicyclic amines) is 1. The molecule has 0 bridgehead atoms. The maximum absolute atomic E-state index is 5.91. The van der Waals surface area contributed by atoms with Gasteiger partial charge in [-0.1, -0.05) is 26.8 Å². The molecule has 1 aromatic carbocycles. The van der Waals surface area contributed by atoms with Crippen LogP contribution in [0, 0.1) is 0 Å². The van der Waals surface area contributed by atoms with E-state index in [1.165, 1.54) is 5.56 Å². The summed E-state index contributed by atoms with van der Waals surface area (Å²) in [5.74, 6) is 3.48. The summed E-state index contributed by atoms with van der Waals surface area (Å²) >= 11 is 0. The molecule has 0 saturated carbocycles. The van der Waals surface area contributed by atoms with Crippen LogP contribution in [-0.2, 0) is 12.0 Å². The highest BCUT2D eigenvalue weighted by molar-refractivity contribution is 5.44. The number of hydrogen-bond donors (Lipinski definition) is 0. The van der Waals surface area contributed by atoms with E-state index in [2.05, 4.69) is 48.0 Å². The third-order valence-electron chi connectivity index (χ3n) is 4.55. The minimum absolute atomic E-state index is 0.101. The van der Waals surface area contributed by atoms with Gasteiger partial charge in [0.05, 0.1) is 5.92 Å². The van der Waals surface area contributed by atoms with E-state index in [9.17, 15) is 0 Å². The Labute approximate surface area is 141 Å². The highest BCUT2D eigenvalue weighted by Crippen LogP contribution is 2.34. The van der Waals surface area contributed by atoms with Crippen molar-refractivity contribution in [3.8, 4) is 11.5 Å². The van der Waals surface area contributed by atoms with Gasteiger partial charge in [-0.25, -0.2) is 0 Å². The van der Waals surface area contributed by atoms with Gasteiger partial charge >= 0.3 is 0 Å². The van der Waals surface area contributed by atoms with Crippen molar-refractivity contribution in [2.24, 2.45) is 0 Å². The summed E-state index contributed by atoms with van der Waals surface area (Å²) in [4.78, 5) is 2.42. The van der Waals surface area contributed by atoms with Crippen molar-refractivity contribution < 1.29 is 13.9 Å². The fourth-order valence-electron chi connectivity index (χ4n) is 3.18. The lowest BCUT2D eigenvalue weighted by Crippen LogP contribution is -2.19. The summed E-state index contributed by atoms with van der Waals surface area (Å²) in [6.45, 7) is 9.46. The molecule has 24 heavy (non-hydrogen) atoms. The van der Waals surface area contributed by atoms with Crippen LogP contribution in [0.1, 0.15) is 50.5 Å². The van der Waals surface area contributed by atoms with Crippen molar-refractivity contribution in [2.75, 3.05) is 19.9 Å². The summed E-state index contributed by atoms with van der Waals surface area (Å²) in [6.07, 6.45) is 1.05. The maximum Gasteiger partial charge on any atom is 0.231 e. The molecule has 1 aromatic heterocycles. The van der Waals surface area contributed by atoms with Crippen molar-refractivity contribution in [2.45, 2.75) is 45.1 Å². The van der Waals surface area contributed by atoms with Crippen LogP contribution in [0.4, 0.5) is 0 Å². The third kappa shape index (κ3) is 2.98. The Kier molecular flexibility index (Phi) is 3.72. The largest absolute Gasteiger partial charge is 0.454 e. The van der Waals surface area contributed by atoms with Gasteiger partial charge in [0.2, 0.25) is 18.6 Å². The number of nitrogens with zero attached hydrogens (tertiary/aromatic N) is 3. The van der Waals surface area contributed by atoms with Gasteiger partial charge in [0.15, 0.2) is 11.5 Å². The van der Waals surface area contributed by atoms with E-state index in [4.69, 9.17) is 13.9 Å². The maximum atomic E-state index is 5.91. The van der Waals surface area contributed by atoms with E-state index in [1.54, 1.807) is 0 Å². The van der Waals surface area contributed by atoms with Crippen LogP contribution >= 0.6 is 0 Å². The molecule has 0 radical (unpaired) electrons. The molecule has 0 N–H and O–H groups in total. The fraction of sp³-hybridized carbons (Fsp3) is 0.556. The molecule has 2 aliphatic rings. The van der Waals surface area contributed by atoms with Crippen LogP contribution in [-0.4, -0.2) is 35.0 Å². The monoisotopic (exact) mass is 329 g/mol. The Morgan fingerprint density at radius 2 is 2.00 bits per heavy atom. The Balaban J connectivity index is 1.40. The first-order chi connectivity index (χ1) is 11.5. The van der Waals surface area contributed by atoms with Crippen LogP contribution in [0.5, 0.6) is 11.5 Å². The lowest BCUT2D eigenvalue weighted by atomic mass is 9.97. The van der Waals surface area contributed by atoms with Crippen molar-refractivity contribution >= 4 is 0 Å². The van der Waals surface area contributed by atoms with Gasteiger partial charge in [-0.2, -0.15) is 0 Å². The first kappa shape index (κ1) is 15.4. The van der Waals surface area contributed by atoms with Crippen LogP contribution < -0.4 is 9.47 Å². The van der Waals surface area contributed by atoms with Crippen molar-refractivity contribution in [3.63, 3.8) is 0 Å². The summed E-state index contributed by atoms with van der Waals surface area (Å²) in [5, 5.41) is 8.49. The Hall–Kier alpha value is -2.08. The van der Waals surface area contributed by atoms with E-state index >= 15 is 0 Å². The second-order valence-electron chi connectivity index (χ2n) is 7.60. The van der Waals surface area contributed by atoms with Crippen LogP contribution in [0.2, 0.25) is 0 Å². The average Bonchev–Trinajstić information content (AvgIpc) is 3.26. The highest BCUT2D eigenvalue weighted by Gasteiger charge is 2.30. The van der Waals surface area contributed by atoms with Crippen molar-refractivity contribution in [1.82, 2.24) is 15.1 Å². The molecule has 4 rings (SSSR count). The molecule has 0 spiro atoms. The van der Waals surface area contributed by atoms with Crippen molar-refractivity contribution in [1.29, 1.82) is 0 Å². The van der Waals surface area contributed by atoms with E-state index < -0.39 is 0 Å². The summed E-state index contributed by atoms with van der Waals surface area (Å²) in [6, 6.07) is 6.16. The number of fused-ring (bicyclic) bond motifs is 1. The minimum atomic E-state index is -0.101. The smallest absolute Gasteiger partial charge is 0.231 e. The Bertz CT molecular complexity index is 735. The molecular weight excluding hydrogens is 306 g/mol. The third-order valence-corrected chi connectivity index (χ3v) is 4.55. The molecule has 1 fully saturated rings. The van der Waals surface area contributed by atoms with Gasteiger partial charge in [-0.15, -0.1) is 10.2 Å². The number of ether oxygens (including phenoxy) is 2. The van der Waals surface area contributed by atoms with Gasteiger partial charge in [0.1, 0.15) is 0 Å². The molecule has 0 aliphatic carbocycles. The molecule has 1 saturated heterocycles. The lowest BCUT2D eigenvalue weighted by molar-refractivity contribution is 0.174. The first-order valence-electron chi connectivity index (χ1n) is 8.44. The van der Waals surface area contributed by atoms with Gasteiger partial charge in [0.25, 0.3) is 0 Å². The quantitative estimate of drug-likeness (QED) is 0.862. The molecule has 128 valence electrons. The van der Waals surface area contributed by atoms with Gasteiger partial charge < -0.3 is 13.9 Å². The lowest BCUT2D eigenvalue weighted by Gasteiger charge is -2.15. The summed E-state index contributed by atoms with van der Waals surface area (Å²) < 4.78 is 16.7. The molecule has 2 aliphatic heterocycles. The molecular formula is C18H23N3O3. The molecule has 0 unspecified atom stereocenters.